The van der Waals surface area contributed by atoms with E-state index in [1.54, 1.807) is 33.0 Å². The van der Waals surface area contributed by atoms with E-state index in [0.29, 0.717) is 0 Å². The first-order valence-corrected chi connectivity index (χ1v) is 9.64. The van der Waals surface area contributed by atoms with Gasteiger partial charge in [0, 0.05) is 23.7 Å². The van der Waals surface area contributed by atoms with Crippen molar-refractivity contribution in [3.05, 3.63) is 65.5 Å². The van der Waals surface area contributed by atoms with Crippen molar-refractivity contribution in [2.75, 3.05) is 0 Å². The number of carbonyl (C=O) groups is 2. The Labute approximate surface area is 175 Å². The molecule has 0 aliphatic heterocycles. The van der Waals surface area contributed by atoms with Crippen LogP contribution in [-0.4, -0.2) is 27.2 Å². The first-order chi connectivity index (χ1) is 14.1. The number of ether oxygens (including phenoxy) is 1. The van der Waals surface area contributed by atoms with E-state index < -0.39 is 17.6 Å². The van der Waals surface area contributed by atoms with Gasteiger partial charge >= 0.3 is 6.09 Å². The quantitative estimate of drug-likeness (QED) is 0.504. The lowest BCUT2D eigenvalue weighted by Gasteiger charge is -2.19. The van der Waals surface area contributed by atoms with Gasteiger partial charge in [0.15, 0.2) is 0 Å². The molecule has 0 saturated carbocycles. The largest absolute Gasteiger partial charge is 0.443 e. The average molecular weight is 406 g/mol. The number of nitrogens with one attached hydrogen (secondary N) is 2. The molecular formula is C23H26N4O3. The second-order valence-corrected chi connectivity index (χ2v) is 8.08. The molecule has 0 spiro atoms. The number of carbonyl (C=O) groups excluding carboxylic acids is 2. The maximum atomic E-state index is 12.0. The van der Waals surface area contributed by atoms with Crippen LogP contribution in [0, 0.1) is 13.8 Å². The van der Waals surface area contributed by atoms with Gasteiger partial charge in [-0.15, -0.1) is 0 Å². The van der Waals surface area contributed by atoms with Gasteiger partial charge in [-0.25, -0.2) is 10.2 Å². The molecule has 1 aromatic carbocycles. The number of benzene rings is 1. The van der Waals surface area contributed by atoms with Gasteiger partial charge in [-0.2, -0.15) is 0 Å². The minimum Gasteiger partial charge on any atom is -0.443 e. The van der Waals surface area contributed by atoms with Crippen LogP contribution in [0.15, 0.2) is 48.7 Å². The lowest BCUT2D eigenvalue weighted by Crippen LogP contribution is -2.43. The molecule has 2 heterocycles. The molecule has 0 aliphatic carbocycles. The Balaban J connectivity index is 1.75. The Kier molecular flexibility index (Phi) is 5.91. The predicted octanol–water partition coefficient (Wildman–Crippen LogP) is 4.21. The summed E-state index contributed by atoms with van der Waals surface area (Å²) < 4.78 is 7.19. The number of aromatic nitrogens is 2. The highest BCUT2D eigenvalue weighted by atomic mass is 16.6. The minimum atomic E-state index is -0.723. The normalized spacial score (nSPS) is 11.6. The maximum Gasteiger partial charge on any atom is 0.426 e. The summed E-state index contributed by atoms with van der Waals surface area (Å²) in [6, 6.07) is 12.3. The molecule has 7 nitrogen and oxygen atoms in total. The molecule has 0 unspecified atom stereocenters. The molecule has 30 heavy (non-hydrogen) atoms. The second kappa shape index (κ2) is 8.41. The molecule has 3 rings (SSSR count). The number of fused-ring (bicyclic) bond motifs is 1. The van der Waals surface area contributed by atoms with Crippen molar-refractivity contribution < 1.29 is 14.3 Å². The van der Waals surface area contributed by atoms with Gasteiger partial charge in [0.05, 0.1) is 11.0 Å². The van der Waals surface area contributed by atoms with Crippen molar-refractivity contribution in [2.24, 2.45) is 0 Å². The lowest BCUT2D eigenvalue weighted by molar-refractivity contribution is -0.117. The molecule has 0 aliphatic rings. The van der Waals surface area contributed by atoms with E-state index in [2.05, 4.69) is 51.6 Å². The summed E-state index contributed by atoms with van der Waals surface area (Å²) in [5.41, 5.74) is 9.76. The minimum absolute atomic E-state index is 0.481. The first kappa shape index (κ1) is 21.1. The van der Waals surface area contributed by atoms with Crippen LogP contribution in [0.1, 0.15) is 37.6 Å². The van der Waals surface area contributed by atoms with Gasteiger partial charge in [-0.1, -0.05) is 17.7 Å². The van der Waals surface area contributed by atoms with E-state index in [1.165, 1.54) is 11.6 Å². The Morgan fingerprint density at radius 2 is 1.77 bits per heavy atom. The van der Waals surface area contributed by atoms with E-state index in [-0.39, 0.29) is 0 Å². The van der Waals surface area contributed by atoms with Crippen LogP contribution in [0.5, 0.6) is 0 Å². The van der Waals surface area contributed by atoms with E-state index in [1.807, 2.05) is 19.1 Å². The molecule has 0 bridgehead atoms. The zero-order valence-electron chi connectivity index (χ0n) is 17.8. The topological polar surface area (TPSA) is 85.3 Å². The Hall–Kier alpha value is -3.61. The van der Waals surface area contributed by atoms with Crippen LogP contribution in [0.25, 0.3) is 22.8 Å². The Morgan fingerprint density at radius 1 is 1.07 bits per heavy atom. The maximum absolute atomic E-state index is 12.0. The van der Waals surface area contributed by atoms with Crippen LogP contribution in [0.2, 0.25) is 0 Å². The number of hydrogen-bond acceptors (Lipinski definition) is 4. The van der Waals surface area contributed by atoms with E-state index in [0.717, 1.165) is 28.0 Å². The molecule has 0 fully saturated rings. The summed E-state index contributed by atoms with van der Waals surface area (Å²) in [5.74, 6) is -0.481. The Morgan fingerprint density at radius 3 is 2.43 bits per heavy atom. The third-order valence-corrected chi connectivity index (χ3v) is 4.26. The summed E-state index contributed by atoms with van der Waals surface area (Å²) in [6.45, 7) is 9.31. The number of amides is 2. The standard InChI is InChI=1S/C23H26N4O3/c1-15-6-9-18(10-7-15)27-16(2)12-19-20(27)13-17(14-24-19)8-11-21(28)25-26-22(29)30-23(3,4)5/h6-14H,1-5H3,(H,25,28)(H,26,29). The molecular weight excluding hydrogens is 380 g/mol. The SMILES string of the molecule is Cc1ccc(-n2c(C)cc3ncc(C=CC(=O)NNC(=O)OC(C)(C)C)cc32)cc1. The summed E-state index contributed by atoms with van der Waals surface area (Å²) in [5, 5.41) is 0. The second-order valence-electron chi connectivity index (χ2n) is 8.08. The van der Waals surface area contributed by atoms with Crippen LogP contribution < -0.4 is 10.9 Å². The molecule has 0 saturated heterocycles. The summed E-state index contributed by atoms with van der Waals surface area (Å²) >= 11 is 0. The highest BCUT2D eigenvalue weighted by molar-refractivity contribution is 5.93. The zero-order valence-corrected chi connectivity index (χ0v) is 17.8. The number of rotatable bonds is 3. The number of hydrogen-bond donors (Lipinski definition) is 2. The van der Waals surface area contributed by atoms with Gasteiger partial charge < -0.3 is 9.30 Å². The molecule has 2 N–H and O–H groups in total. The molecule has 0 radical (unpaired) electrons. The average Bonchev–Trinajstić information content (AvgIpc) is 2.99. The van der Waals surface area contributed by atoms with Crippen LogP contribution in [-0.2, 0) is 9.53 Å². The van der Waals surface area contributed by atoms with Crippen molar-refractivity contribution >= 4 is 29.1 Å². The highest BCUT2D eigenvalue weighted by Gasteiger charge is 2.16. The van der Waals surface area contributed by atoms with Gasteiger partial charge in [-0.3, -0.25) is 15.2 Å². The fraction of sp³-hybridized carbons (Fsp3) is 0.261. The highest BCUT2D eigenvalue weighted by Crippen LogP contribution is 2.24. The summed E-state index contributed by atoms with van der Waals surface area (Å²) in [7, 11) is 0. The van der Waals surface area contributed by atoms with Crippen LogP contribution in [0.3, 0.4) is 0 Å². The zero-order chi connectivity index (χ0) is 21.9. The number of nitrogens with zero attached hydrogens (tertiary/aromatic N) is 2. The fourth-order valence-corrected chi connectivity index (χ4v) is 2.98. The first-order valence-electron chi connectivity index (χ1n) is 9.64. The molecule has 2 aromatic heterocycles. The third-order valence-electron chi connectivity index (χ3n) is 4.26. The monoisotopic (exact) mass is 406 g/mol. The van der Waals surface area contributed by atoms with E-state index in [4.69, 9.17) is 4.74 Å². The predicted molar refractivity (Wildman–Crippen MR) is 117 cm³/mol. The molecule has 7 heteroatoms. The number of hydrazine groups is 1. The van der Waals surface area contributed by atoms with Crippen molar-refractivity contribution in [1.29, 1.82) is 0 Å². The number of pyridine rings is 1. The molecule has 0 atom stereocenters. The number of aryl methyl sites for hydroxylation is 2. The Bertz CT molecular complexity index is 1110. The van der Waals surface area contributed by atoms with E-state index >= 15 is 0 Å². The summed E-state index contributed by atoms with van der Waals surface area (Å²) in [4.78, 5) is 28.1. The smallest absolute Gasteiger partial charge is 0.426 e. The molecule has 156 valence electrons. The van der Waals surface area contributed by atoms with Crippen molar-refractivity contribution in [2.45, 2.75) is 40.2 Å². The van der Waals surface area contributed by atoms with Gasteiger partial charge in [0.1, 0.15) is 5.60 Å². The van der Waals surface area contributed by atoms with Crippen molar-refractivity contribution in [3.8, 4) is 5.69 Å². The van der Waals surface area contributed by atoms with Gasteiger partial charge in [0.2, 0.25) is 0 Å². The molecule has 3 aromatic rings. The molecule has 2 amide bonds. The third kappa shape index (κ3) is 5.26. The van der Waals surface area contributed by atoms with E-state index in [9.17, 15) is 9.59 Å². The van der Waals surface area contributed by atoms with Crippen molar-refractivity contribution in [3.63, 3.8) is 0 Å². The van der Waals surface area contributed by atoms with Crippen LogP contribution in [0.4, 0.5) is 4.79 Å². The van der Waals surface area contributed by atoms with Gasteiger partial charge in [0.25, 0.3) is 5.91 Å². The van der Waals surface area contributed by atoms with Crippen molar-refractivity contribution in [1.82, 2.24) is 20.4 Å². The summed E-state index contributed by atoms with van der Waals surface area (Å²) in [6.07, 6.45) is 3.94. The lowest BCUT2D eigenvalue weighted by atomic mass is 10.2. The van der Waals surface area contributed by atoms with Gasteiger partial charge in [-0.05, 0) is 70.5 Å². The fourth-order valence-electron chi connectivity index (χ4n) is 2.98. The van der Waals surface area contributed by atoms with Crippen LogP contribution >= 0.6 is 0 Å².